The van der Waals surface area contributed by atoms with Crippen LogP contribution in [-0.2, 0) is 4.79 Å². The van der Waals surface area contributed by atoms with Gasteiger partial charge in [0, 0.05) is 19.0 Å². The van der Waals surface area contributed by atoms with Gasteiger partial charge in [0.2, 0.25) is 5.91 Å². The summed E-state index contributed by atoms with van der Waals surface area (Å²) in [6.07, 6.45) is 5.16. The number of carbonyl (C=O) groups excluding carboxylic acids is 1. The first-order valence-electron chi connectivity index (χ1n) is 4.54. The van der Waals surface area contributed by atoms with E-state index in [0.717, 1.165) is 0 Å². The molecule has 0 spiro atoms. The number of amides is 1. The van der Waals surface area contributed by atoms with Crippen molar-refractivity contribution in [1.82, 2.24) is 10.2 Å². The van der Waals surface area contributed by atoms with Crippen LogP contribution in [0.15, 0.2) is 0 Å². The van der Waals surface area contributed by atoms with Crippen LogP contribution in [0.1, 0.15) is 13.8 Å². The lowest BCUT2D eigenvalue weighted by atomic mass is 10.1. The molecule has 1 N–H and O–H groups in total. The van der Waals surface area contributed by atoms with Crippen molar-refractivity contribution in [2.75, 3.05) is 26.7 Å². The summed E-state index contributed by atoms with van der Waals surface area (Å²) >= 11 is 0. The summed E-state index contributed by atoms with van der Waals surface area (Å²) in [5.41, 5.74) is 0. The number of hydrogen-bond acceptors (Lipinski definition) is 2. The molecule has 0 saturated carbocycles. The third-order valence-corrected chi connectivity index (χ3v) is 1.91. The summed E-state index contributed by atoms with van der Waals surface area (Å²) < 4.78 is 0. The molecule has 0 aliphatic rings. The maximum absolute atomic E-state index is 11.6. The molecule has 0 aromatic rings. The van der Waals surface area contributed by atoms with Crippen LogP contribution in [-0.4, -0.2) is 37.5 Å². The Morgan fingerprint density at radius 1 is 1.69 bits per heavy atom. The fourth-order valence-corrected chi connectivity index (χ4v) is 1.16. The van der Waals surface area contributed by atoms with E-state index >= 15 is 0 Å². The van der Waals surface area contributed by atoms with E-state index in [-0.39, 0.29) is 11.8 Å². The number of terminal acetylenes is 1. The number of rotatable bonds is 5. The Morgan fingerprint density at radius 3 is 2.69 bits per heavy atom. The zero-order valence-corrected chi connectivity index (χ0v) is 8.63. The van der Waals surface area contributed by atoms with Gasteiger partial charge in [-0.25, -0.2) is 0 Å². The van der Waals surface area contributed by atoms with Gasteiger partial charge in [0.1, 0.15) is 0 Å². The molecule has 1 atom stereocenters. The number of nitrogens with one attached hydrogen (secondary N) is 1. The lowest BCUT2D eigenvalue weighted by Crippen LogP contribution is -2.38. The Kier molecular flexibility index (Phi) is 5.99. The predicted octanol–water partition coefficient (Wildman–Crippen LogP) is 0.324. The summed E-state index contributed by atoms with van der Waals surface area (Å²) in [4.78, 5) is 13.3. The minimum absolute atomic E-state index is 0.00157. The van der Waals surface area contributed by atoms with Gasteiger partial charge < -0.3 is 10.2 Å². The van der Waals surface area contributed by atoms with E-state index in [0.29, 0.717) is 19.6 Å². The van der Waals surface area contributed by atoms with E-state index in [2.05, 4.69) is 11.2 Å². The molecule has 0 fully saturated rings. The van der Waals surface area contributed by atoms with Gasteiger partial charge in [-0.15, -0.1) is 6.42 Å². The molecule has 1 amide bonds. The Hall–Kier alpha value is -1.01. The van der Waals surface area contributed by atoms with Gasteiger partial charge >= 0.3 is 0 Å². The maximum Gasteiger partial charge on any atom is 0.227 e. The number of nitrogens with zero attached hydrogens (tertiary/aromatic N) is 1. The van der Waals surface area contributed by atoms with Crippen LogP contribution in [0.5, 0.6) is 0 Å². The Labute approximate surface area is 80.5 Å². The number of hydrogen-bond donors (Lipinski definition) is 1. The van der Waals surface area contributed by atoms with E-state index < -0.39 is 0 Å². The summed E-state index contributed by atoms with van der Waals surface area (Å²) in [6, 6.07) is 0. The van der Waals surface area contributed by atoms with Gasteiger partial charge in [-0.1, -0.05) is 12.8 Å². The first-order valence-corrected chi connectivity index (χ1v) is 4.54. The van der Waals surface area contributed by atoms with E-state index in [4.69, 9.17) is 6.42 Å². The monoisotopic (exact) mass is 182 g/mol. The van der Waals surface area contributed by atoms with Crippen molar-refractivity contribution < 1.29 is 4.79 Å². The summed E-state index contributed by atoms with van der Waals surface area (Å²) in [6.45, 7) is 5.61. The molecule has 0 aromatic heterocycles. The predicted molar refractivity (Wildman–Crippen MR) is 54.2 cm³/mol. The first-order chi connectivity index (χ1) is 6.17. The molecule has 3 heteroatoms. The highest BCUT2D eigenvalue weighted by Gasteiger charge is 2.17. The van der Waals surface area contributed by atoms with Crippen LogP contribution in [0.3, 0.4) is 0 Å². The standard InChI is InChI=1S/C10H18N2O/c1-5-7-12(6-2)10(13)9(3)8-11-4/h1,9,11H,6-8H2,2-4H3. The number of carbonyl (C=O) groups is 1. The summed E-state index contributed by atoms with van der Waals surface area (Å²) in [5, 5.41) is 2.97. The fourth-order valence-electron chi connectivity index (χ4n) is 1.16. The molecular weight excluding hydrogens is 164 g/mol. The van der Waals surface area contributed by atoms with Crippen molar-refractivity contribution in [2.24, 2.45) is 5.92 Å². The van der Waals surface area contributed by atoms with Crippen molar-refractivity contribution in [3.05, 3.63) is 0 Å². The zero-order chi connectivity index (χ0) is 10.3. The highest BCUT2D eigenvalue weighted by Crippen LogP contribution is 2.00. The van der Waals surface area contributed by atoms with Gasteiger partial charge in [-0.05, 0) is 14.0 Å². The van der Waals surface area contributed by atoms with Crippen molar-refractivity contribution >= 4 is 5.91 Å². The second kappa shape index (κ2) is 6.50. The molecule has 0 heterocycles. The largest absolute Gasteiger partial charge is 0.332 e. The molecule has 0 radical (unpaired) electrons. The highest BCUT2D eigenvalue weighted by molar-refractivity contribution is 5.78. The van der Waals surface area contributed by atoms with Gasteiger partial charge in [0.25, 0.3) is 0 Å². The SMILES string of the molecule is C#CCN(CC)C(=O)C(C)CNC. The van der Waals surface area contributed by atoms with Crippen LogP contribution >= 0.6 is 0 Å². The first kappa shape index (κ1) is 12.0. The Morgan fingerprint density at radius 2 is 2.31 bits per heavy atom. The van der Waals surface area contributed by atoms with E-state index in [1.54, 1.807) is 4.90 Å². The van der Waals surface area contributed by atoms with Gasteiger partial charge in [0.15, 0.2) is 0 Å². The fraction of sp³-hybridized carbons (Fsp3) is 0.700. The van der Waals surface area contributed by atoms with Crippen LogP contribution < -0.4 is 5.32 Å². The quantitative estimate of drug-likeness (QED) is 0.621. The molecule has 0 bridgehead atoms. The van der Waals surface area contributed by atoms with Crippen LogP contribution in [0.4, 0.5) is 0 Å². The minimum atomic E-state index is -0.00157. The zero-order valence-electron chi connectivity index (χ0n) is 8.63. The van der Waals surface area contributed by atoms with Crippen molar-refractivity contribution in [2.45, 2.75) is 13.8 Å². The van der Waals surface area contributed by atoms with E-state index in [1.807, 2.05) is 20.9 Å². The topological polar surface area (TPSA) is 32.3 Å². The van der Waals surface area contributed by atoms with Gasteiger partial charge in [-0.3, -0.25) is 4.79 Å². The Balaban J connectivity index is 4.12. The lowest BCUT2D eigenvalue weighted by molar-refractivity contribution is -0.134. The molecule has 3 nitrogen and oxygen atoms in total. The third kappa shape index (κ3) is 3.95. The molecule has 0 rings (SSSR count). The van der Waals surface area contributed by atoms with E-state index in [9.17, 15) is 4.79 Å². The smallest absolute Gasteiger partial charge is 0.227 e. The van der Waals surface area contributed by atoms with Crippen LogP contribution in [0.2, 0.25) is 0 Å². The van der Waals surface area contributed by atoms with Crippen LogP contribution in [0.25, 0.3) is 0 Å². The van der Waals surface area contributed by atoms with Crippen molar-refractivity contribution in [1.29, 1.82) is 0 Å². The molecule has 74 valence electrons. The average molecular weight is 182 g/mol. The molecule has 1 unspecified atom stereocenters. The molecular formula is C10H18N2O. The average Bonchev–Trinajstić information content (AvgIpc) is 2.13. The molecule has 0 aliphatic carbocycles. The molecule has 0 aliphatic heterocycles. The lowest BCUT2D eigenvalue weighted by Gasteiger charge is -2.21. The van der Waals surface area contributed by atoms with E-state index in [1.165, 1.54) is 0 Å². The van der Waals surface area contributed by atoms with Crippen molar-refractivity contribution in [3.8, 4) is 12.3 Å². The van der Waals surface area contributed by atoms with Crippen LogP contribution in [0, 0.1) is 18.3 Å². The molecule has 0 aromatic carbocycles. The minimum Gasteiger partial charge on any atom is -0.332 e. The van der Waals surface area contributed by atoms with Gasteiger partial charge in [0.05, 0.1) is 6.54 Å². The summed E-state index contributed by atoms with van der Waals surface area (Å²) in [7, 11) is 1.83. The molecule has 13 heavy (non-hydrogen) atoms. The molecule has 0 saturated heterocycles. The second-order valence-corrected chi connectivity index (χ2v) is 3.02. The maximum atomic E-state index is 11.6. The van der Waals surface area contributed by atoms with Gasteiger partial charge in [-0.2, -0.15) is 0 Å². The van der Waals surface area contributed by atoms with Crippen molar-refractivity contribution in [3.63, 3.8) is 0 Å². The Bertz CT molecular complexity index is 196. The third-order valence-electron chi connectivity index (χ3n) is 1.91. The summed E-state index contributed by atoms with van der Waals surface area (Å²) in [5.74, 6) is 2.60. The second-order valence-electron chi connectivity index (χ2n) is 3.02. The highest BCUT2D eigenvalue weighted by atomic mass is 16.2. The normalized spacial score (nSPS) is 11.8.